The summed E-state index contributed by atoms with van der Waals surface area (Å²) in [5, 5.41) is 0. The van der Waals surface area contributed by atoms with E-state index in [-0.39, 0.29) is 6.04 Å². The second kappa shape index (κ2) is 3.06. The number of benzene rings is 1. The van der Waals surface area contributed by atoms with Crippen molar-refractivity contribution in [1.82, 2.24) is 4.90 Å². The normalized spacial score (nSPS) is 35.6. The van der Waals surface area contributed by atoms with E-state index in [0.29, 0.717) is 5.92 Å². The van der Waals surface area contributed by atoms with Gasteiger partial charge >= 0.3 is 0 Å². The van der Waals surface area contributed by atoms with E-state index >= 15 is 0 Å². The third-order valence-corrected chi connectivity index (χ3v) is 3.53. The van der Waals surface area contributed by atoms with Gasteiger partial charge in [0.2, 0.25) is 0 Å². The van der Waals surface area contributed by atoms with Crippen molar-refractivity contribution >= 4 is 0 Å². The Labute approximate surface area is 83.5 Å². The zero-order valence-electron chi connectivity index (χ0n) is 8.07. The number of fused-ring (bicyclic) bond motifs is 1. The second-order valence-electron chi connectivity index (χ2n) is 4.42. The van der Waals surface area contributed by atoms with Crippen molar-refractivity contribution in [3.8, 4) is 0 Å². The van der Waals surface area contributed by atoms with E-state index in [2.05, 4.69) is 17.0 Å². The summed E-state index contributed by atoms with van der Waals surface area (Å²) in [4.78, 5) is 2.28. The van der Waals surface area contributed by atoms with Crippen molar-refractivity contribution in [2.45, 2.75) is 25.2 Å². The molecule has 0 aromatic heterocycles. The summed E-state index contributed by atoms with van der Waals surface area (Å²) in [6.07, 6.45) is 0.535. The number of halogens is 1. The van der Waals surface area contributed by atoms with Crippen LogP contribution in [-0.2, 0) is 6.54 Å². The molecule has 0 N–H and O–H groups in total. The Hall–Kier alpha value is -0.890. The maximum Gasteiger partial charge on any atom is 0.120 e. The fourth-order valence-electron chi connectivity index (χ4n) is 2.65. The summed E-state index contributed by atoms with van der Waals surface area (Å²) in [5.74, 6) is 0.337. The standard InChI is InChI=1S/C12H14FN/c13-12-10-6-11(12)14(8-10)7-9-4-2-1-3-5-9/h1-5,10-12H,6-8H2/t10-,11-,12-/m1/s1. The van der Waals surface area contributed by atoms with Crippen molar-refractivity contribution in [1.29, 1.82) is 0 Å². The van der Waals surface area contributed by atoms with Gasteiger partial charge in [-0.05, 0) is 12.0 Å². The van der Waals surface area contributed by atoms with Crippen LogP contribution in [0.25, 0.3) is 0 Å². The Morgan fingerprint density at radius 3 is 2.64 bits per heavy atom. The molecule has 0 radical (unpaired) electrons. The van der Waals surface area contributed by atoms with Crippen LogP contribution in [0.15, 0.2) is 30.3 Å². The van der Waals surface area contributed by atoms with Gasteiger partial charge in [0.1, 0.15) is 6.17 Å². The van der Waals surface area contributed by atoms with Crippen LogP contribution in [0.3, 0.4) is 0 Å². The monoisotopic (exact) mass is 191 g/mol. The molecule has 0 spiro atoms. The molecule has 3 atom stereocenters. The molecular weight excluding hydrogens is 177 g/mol. The summed E-state index contributed by atoms with van der Waals surface area (Å²) < 4.78 is 13.3. The van der Waals surface area contributed by atoms with Crippen LogP contribution < -0.4 is 0 Å². The van der Waals surface area contributed by atoms with Gasteiger partial charge in [0.05, 0.1) is 0 Å². The third kappa shape index (κ3) is 1.17. The minimum Gasteiger partial charge on any atom is -0.293 e. The average Bonchev–Trinajstić information content (AvgIpc) is 2.75. The van der Waals surface area contributed by atoms with Crippen LogP contribution in [0.2, 0.25) is 0 Å². The van der Waals surface area contributed by atoms with Gasteiger partial charge in [-0.2, -0.15) is 0 Å². The Balaban J connectivity index is 1.69. The maximum absolute atomic E-state index is 13.3. The first kappa shape index (κ1) is 8.42. The number of rotatable bonds is 2. The minimum absolute atomic E-state index is 0.222. The molecule has 3 aliphatic rings. The van der Waals surface area contributed by atoms with Gasteiger partial charge in [-0.25, -0.2) is 4.39 Å². The third-order valence-electron chi connectivity index (χ3n) is 3.53. The summed E-state index contributed by atoms with van der Waals surface area (Å²) >= 11 is 0. The van der Waals surface area contributed by atoms with Crippen molar-refractivity contribution < 1.29 is 4.39 Å². The SMILES string of the molecule is F[C@@H]1[C@@H]2C[C@H]1N(Cc1ccccc1)C2. The molecule has 1 aliphatic carbocycles. The maximum atomic E-state index is 13.3. The quantitative estimate of drug-likeness (QED) is 0.693. The molecule has 1 saturated carbocycles. The van der Waals surface area contributed by atoms with E-state index in [1.54, 1.807) is 0 Å². The highest BCUT2D eigenvalue weighted by atomic mass is 19.1. The predicted octanol–water partition coefficient (Wildman–Crippen LogP) is 2.23. The average molecular weight is 191 g/mol. The van der Waals surface area contributed by atoms with Crippen LogP contribution in [0.5, 0.6) is 0 Å². The molecule has 1 aromatic rings. The molecule has 2 saturated heterocycles. The van der Waals surface area contributed by atoms with E-state index in [0.717, 1.165) is 19.5 Å². The van der Waals surface area contributed by atoms with E-state index < -0.39 is 6.17 Å². The number of hydrogen-bond acceptors (Lipinski definition) is 1. The highest BCUT2D eigenvalue weighted by Gasteiger charge is 2.52. The lowest BCUT2D eigenvalue weighted by Gasteiger charge is -2.30. The first-order valence-electron chi connectivity index (χ1n) is 5.26. The summed E-state index contributed by atoms with van der Waals surface area (Å²) in [5.41, 5.74) is 1.30. The van der Waals surface area contributed by atoms with Gasteiger partial charge in [0.15, 0.2) is 0 Å². The fourth-order valence-corrected chi connectivity index (χ4v) is 2.65. The van der Waals surface area contributed by atoms with E-state index in [4.69, 9.17) is 0 Å². The molecule has 2 heteroatoms. The van der Waals surface area contributed by atoms with E-state index in [1.807, 2.05) is 18.2 Å². The highest BCUT2D eigenvalue weighted by Crippen LogP contribution is 2.43. The molecule has 14 heavy (non-hydrogen) atoms. The van der Waals surface area contributed by atoms with Gasteiger partial charge in [-0.1, -0.05) is 30.3 Å². The lowest BCUT2D eigenvalue weighted by molar-refractivity contribution is 0.101. The number of hydrogen-bond donors (Lipinski definition) is 0. The molecule has 74 valence electrons. The lowest BCUT2D eigenvalue weighted by atomic mass is 9.84. The molecule has 0 unspecified atom stereocenters. The molecule has 2 aliphatic heterocycles. The van der Waals surface area contributed by atoms with Gasteiger partial charge in [0.25, 0.3) is 0 Å². The molecule has 0 amide bonds. The van der Waals surface area contributed by atoms with E-state index in [9.17, 15) is 4.39 Å². The Morgan fingerprint density at radius 2 is 2.07 bits per heavy atom. The molecule has 2 bridgehead atoms. The lowest BCUT2D eigenvalue weighted by Crippen LogP contribution is -2.40. The summed E-state index contributed by atoms with van der Waals surface area (Å²) in [7, 11) is 0. The number of nitrogens with zero attached hydrogens (tertiary/aromatic N) is 1. The van der Waals surface area contributed by atoms with Gasteiger partial charge in [0, 0.05) is 25.0 Å². The summed E-state index contributed by atoms with van der Waals surface area (Å²) in [6, 6.07) is 10.6. The Morgan fingerprint density at radius 1 is 1.29 bits per heavy atom. The predicted molar refractivity (Wildman–Crippen MR) is 53.6 cm³/mol. The van der Waals surface area contributed by atoms with Crippen molar-refractivity contribution in [3.63, 3.8) is 0 Å². The van der Waals surface area contributed by atoms with Crippen LogP contribution >= 0.6 is 0 Å². The molecule has 1 aromatic carbocycles. The number of alkyl halides is 1. The van der Waals surface area contributed by atoms with Gasteiger partial charge in [-0.15, -0.1) is 0 Å². The largest absolute Gasteiger partial charge is 0.293 e. The molecule has 1 nitrogen and oxygen atoms in total. The Bertz CT molecular complexity index is 324. The fraction of sp³-hybridized carbons (Fsp3) is 0.500. The van der Waals surface area contributed by atoms with Gasteiger partial charge in [-0.3, -0.25) is 4.90 Å². The van der Waals surface area contributed by atoms with Crippen LogP contribution in [-0.4, -0.2) is 23.7 Å². The first-order valence-corrected chi connectivity index (χ1v) is 5.26. The Kier molecular flexibility index (Phi) is 1.84. The van der Waals surface area contributed by atoms with E-state index in [1.165, 1.54) is 5.56 Å². The molecule has 3 fully saturated rings. The molecule has 4 rings (SSSR count). The van der Waals surface area contributed by atoms with Crippen molar-refractivity contribution in [2.24, 2.45) is 5.92 Å². The van der Waals surface area contributed by atoms with Crippen molar-refractivity contribution in [2.75, 3.05) is 6.54 Å². The zero-order chi connectivity index (χ0) is 9.54. The summed E-state index contributed by atoms with van der Waals surface area (Å²) in [6.45, 7) is 1.88. The topological polar surface area (TPSA) is 3.24 Å². The van der Waals surface area contributed by atoms with Crippen LogP contribution in [0, 0.1) is 5.92 Å². The first-order chi connectivity index (χ1) is 6.84. The second-order valence-corrected chi connectivity index (χ2v) is 4.42. The highest BCUT2D eigenvalue weighted by molar-refractivity contribution is 5.16. The van der Waals surface area contributed by atoms with Gasteiger partial charge < -0.3 is 0 Å². The molecule has 2 heterocycles. The van der Waals surface area contributed by atoms with Crippen LogP contribution in [0.1, 0.15) is 12.0 Å². The minimum atomic E-state index is -0.543. The molecular formula is C12H14FN. The van der Waals surface area contributed by atoms with Crippen molar-refractivity contribution in [3.05, 3.63) is 35.9 Å². The zero-order valence-corrected chi connectivity index (χ0v) is 8.07. The van der Waals surface area contributed by atoms with Crippen LogP contribution in [0.4, 0.5) is 4.39 Å². The smallest absolute Gasteiger partial charge is 0.120 e.